The van der Waals surface area contributed by atoms with E-state index in [0.29, 0.717) is 34.1 Å². The SMILES string of the molecule is CC[C@H](NC(=O)c1cncc2c1cnn2-c1ccc(F)cc1)c1ccc(S(C)(=O)=O)nc1. The van der Waals surface area contributed by atoms with Crippen molar-refractivity contribution in [2.75, 3.05) is 6.26 Å². The van der Waals surface area contributed by atoms with Crippen molar-refractivity contribution >= 4 is 26.6 Å². The first-order valence-electron chi connectivity index (χ1n) is 9.82. The molecule has 3 aromatic heterocycles. The van der Waals surface area contributed by atoms with Crippen LogP contribution < -0.4 is 5.32 Å². The van der Waals surface area contributed by atoms with Gasteiger partial charge in [-0.25, -0.2) is 22.5 Å². The lowest BCUT2D eigenvalue weighted by atomic mass is 10.1. The molecule has 8 nitrogen and oxygen atoms in total. The minimum absolute atomic E-state index is 0.0235. The van der Waals surface area contributed by atoms with Crippen LogP contribution in [0.25, 0.3) is 16.6 Å². The lowest BCUT2D eigenvalue weighted by molar-refractivity contribution is 0.0937. The number of rotatable bonds is 6. The zero-order valence-corrected chi connectivity index (χ0v) is 18.2. The molecule has 0 bridgehead atoms. The summed E-state index contributed by atoms with van der Waals surface area (Å²) in [5.74, 6) is -0.700. The van der Waals surface area contributed by atoms with E-state index in [4.69, 9.17) is 0 Å². The molecule has 0 fully saturated rings. The monoisotopic (exact) mass is 453 g/mol. The number of sulfone groups is 1. The number of hydrogen-bond acceptors (Lipinski definition) is 6. The van der Waals surface area contributed by atoms with Crippen molar-refractivity contribution in [3.8, 4) is 5.69 Å². The molecule has 4 aromatic rings. The van der Waals surface area contributed by atoms with Gasteiger partial charge in [0.2, 0.25) is 0 Å². The lowest BCUT2D eigenvalue weighted by Gasteiger charge is -2.17. The molecular weight excluding hydrogens is 433 g/mol. The Balaban J connectivity index is 1.62. The topological polar surface area (TPSA) is 107 Å². The highest BCUT2D eigenvalue weighted by Crippen LogP contribution is 2.23. The number of fused-ring (bicyclic) bond motifs is 1. The number of pyridine rings is 2. The maximum absolute atomic E-state index is 13.3. The molecule has 1 atom stereocenters. The fourth-order valence-corrected chi connectivity index (χ4v) is 3.94. The van der Waals surface area contributed by atoms with E-state index in [-0.39, 0.29) is 22.8 Å². The van der Waals surface area contributed by atoms with E-state index in [1.54, 1.807) is 35.3 Å². The van der Waals surface area contributed by atoms with Gasteiger partial charge in [-0.15, -0.1) is 0 Å². The van der Waals surface area contributed by atoms with Gasteiger partial charge in [0, 0.05) is 24.0 Å². The van der Waals surface area contributed by atoms with Crippen LogP contribution in [0.3, 0.4) is 0 Å². The molecule has 10 heteroatoms. The van der Waals surface area contributed by atoms with Crippen molar-refractivity contribution < 1.29 is 17.6 Å². The Morgan fingerprint density at radius 2 is 1.84 bits per heavy atom. The molecule has 32 heavy (non-hydrogen) atoms. The van der Waals surface area contributed by atoms with Crippen molar-refractivity contribution in [1.29, 1.82) is 0 Å². The third kappa shape index (κ3) is 4.22. The van der Waals surface area contributed by atoms with Gasteiger partial charge >= 0.3 is 0 Å². The Labute approximate surface area is 184 Å². The Bertz CT molecular complexity index is 1380. The Kier molecular flexibility index (Phi) is 5.70. The van der Waals surface area contributed by atoms with Gasteiger partial charge in [0.1, 0.15) is 5.82 Å². The number of nitrogens with zero attached hydrogens (tertiary/aromatic N) is 4. The number of carbonyl (C=O) groups is 1. The zero-order valence-electron chi connectivity index (χ0n) is 17.4. The van der Waals surface area contributed by atoms with Gasteiger partial charge in [-0.05, 0) is 42.3 Å². The molecule has 0 aliphatic heterocycles. The fraction of sp³-hybridized carbons (Fsp3) is 0.182. The van der Waals surface area contributed by atoms with Crippen LogP contribution in [0.15, 0.2) is 66.2 Å². The molecule has 0 spiro atoms. The second-order valence-electron chi connectivity index (χ2n) is 7.29. The fourth-order valence-electron chi connectivity index (χ4n) is 3.38. The van der Waals surface area contributed by atoms with Crippen molar-refractivity contribution in [1.82, 2.24) is 25.1 Å². The summed E-state index contributed by atoms with van der Waals surface area (Å²) in [4.78, 5) is 21.2. The standard InChI is InChI=1S/C22H20FN5O3S/c1-3-19(14-4-9-21(25-10-14)32(2,30)31)27-22(29)18-11-24-13-20-17(18)12-26-28(20)16-7-5-15(23)6-8-16/h4-13,19H,3H2,1-2H3,(H,27,29)/t19-/m0/s1. The van der Waals surface area contributed by atoms with Crippen LogP contribution in [0.1, 0.15) is 35.3 Å². The van der Waals surface area contributed by atoms with Gasteiger partial charge in [-0.2, -0.15) is 5.10 Å². The van der Waals surface area contributed by atoms with Gasteiger partial charge in [0.25, 0.3) is 5.91 Å². The largest absolute Gasteiger partial charge is 0.345 e. The van der Waals surface area contributed by atoms with Crippen molar-refractivity contribution in [2.45, 2.75) is 24.4 Å². The molecule has 0 radical (unpaired) electrons. The van der Waals surface area contributed by atoms with Crippen LogP contribution in [-0.2, 0) is 9.84 Å². The number of halogens is 1. The molecule has 1 amide bonds. The summed E-state index contributed by atoms with van der Waals surface area (Å²) in [5.41, 5.74) is 2.28. The highest BCUT2D eigenvalue weighted by Gasteiger charge is 2.19. The van der Waals surface area contributed by atoms with Crippen molar-refractivity contribution in [2.24, 2.45) is 0 Å². The predicted octanol–water partition coefficient (Wildman–Crippen LogP) is 3.24. The summed E-state index contributed by atoms with van der Waals surface area (Å²) in [7, 11) is -3.40. The van der Waals surface area contributed by atoms with E-state index in [0.717, 1.165) is 6.26 Å². The smallest absolute Gasteiger partial charge is 0.254 e. The average molecular weight is 453 g/mol. The highest BCUT2D eigenvalue weighted by atomic mass is 32.2. The molecule has 0 unspecified atom stereocenters. The summed E-state index contributed by atoms with van der Waals surface area (Å²) in [6.07, 6.45) is 7.74. The second-order valence-corrected chi connectivity index (χ2v) is 9.25. The van der Waals surface area contributed by atoms with E-state index in [1.807, 2.05) is 6.92 Å². The van der Waals surface area contributed by atoms with E-state index in [1.165, 1.54) is 30.6 Å². The molecule has 3 heterocycles. The van der Waals surface area contributed by atoms with E-state index < -0.39 is 9.84 Å². The lowest BCUT2D eigenvalue weighted by Crippen LogP contribution is -2.28. The maximum Gasteiger partial charge on any atom is 0.254 e. The zero-order chi connectivity index (χ0) is 22.9. The molecule has 0 saturated heterocycles. The number of aromatic nitrogens is 4. The number of benzene rings is 1. The Morgan fingerprint density at radius 3 is 2.47 bits per heavy atom. The van der Waals surface area contributed by atoms with Crippen LogP contribution in [0, 0.1) is 5.82 Å². The second kappa shape index (κ2) is 8.46. The van der Waals surface area contributed by atoms with E-state index in [9.17, 15) is 17.6 Å². The van der Waals surface area contributed by atoms with Crippen LogP contribution in [0.5, 0.6) is 0 Å². The first-order valence-corrected chi connectivity index (χ1v) is 11.7. The van der Waals surface area contributed by atoms with Crippen LogP contribution in [-0.4, -0.2) is 40.3 Å². The maximum atomic E-state index is 13.3. The quantitative estimate of drug-likeness (QED) is 0.480. The van der Waals surface area contributed by atoms with E-state index >= 15 is 0 Å². The molecule has 4 rings (SSSR count). The number of nitrogens with one attached hydrogen (secondary N) is 1. The summed E-state index contributed by atoms with van der Waals surface area (Å²) < 4.78 is 38.1. The molecule has 1 N–H and O–H groups in total. The first-order chi connectivity index (χ1) is 15.3. The minimum atomic E-state index is -3.40. The Hall–Kier alpha value is -3.66. The first kappa shape index (κ1) is 21.6. The number of amides is 1. The normalized spacial score (nSPS) is 12.6. The van der Waals surface area contributed by atoms with Crippen LogP contribution in [0.4, 0.5) is 4.39 Å². The van der Waals surface area contributed by atoms with Crippen molar-refractivity contribution in [3.05, 3.63) is 78.1 Å². The van der Waals surface area contributed by atoms with Gasteiger partial charge < -0.3 is 5.32 Å². The summed E-state index contributed by atoms with van der Waals surface area (Å²) in [6.45, 7) is 1.90. The van der Waals surface area contributed by atoms with Gasteiger partial charge in [-0.3, -0.25) is 9.78 Å². The molecule has 0 saturated carbocycles. The minimum Gasteiger partial charge on any atom is -0.345 e. The van der Waals surface area contributed by atoms with Gasteiger partial charge in [0.15, 0.2) is 14.9 Å². The number of hydrogen-bond donors (Lipinski definition) is 1. The summed E-state index contributed by atoms with van der Waals surface area (Å²) >= 11 is 0. The molecule has 0 aliphatic carbocycles. The number of carbonyl (C=O) groups excluding carboxylic acids is 1. The molecule has 0 aliphatic rings. The predicted molar refractivity (Wildman–Crippen MR) is 117 cm³/mol. The Morgan fingerprint density at radius 1 is 1.09 bits per heavy atom. The summed E-state index contributed by atoms with van der Waals surface area (Å²) in [5, 5.41) is 7.86. The van der Waals surface area contributed by atoms with Crippen LogP contribution >= 0.6 is 0 Å². The average Bonchev–Trinajstić information content (AvgIpc) is 3.21. The molecule has 164 valence electrons. The third-order valence-electron chi connectivity index (χ3n) is 5.07. The third-order valence-corrected chi connectivity index (χ3v) is 6.07. The van der Waals surface area contributed by atoms with Gasteiger partial charge in [0.05, 0.1) is 35.2 Å². The summed E-state index contributed by atoms with van der Waals surface area (Å²) in [6, 6.07) is 8.55. The van der Waals surface area contributed by atoms with Gasteiger partial charge in [-0.1, -0.05) is 13.0 Å². The van der Waals surface area contributed by atoms with E-state index in [2.05, 4.69) is 20.4 Å². The molecular formula is C22H20FN5O3S. The van der Waals surface area contributed by atoms with Crippen molar-refractivity contribution in [3.63, 3.8) is 0 Å². The highest BCUT2D eigenvalue weighted by molar-refractivity contribution is 7.90. The van der Waals surface area contributed by atoms with Crippen LogP contribution in [0.2, 0.25) is 0 Å². The molecule has 1 aromatic carbocycles.